The number of halogens is 1. The number of hydrogen-bond acceptors (Lipinski definition) is 4. The van der Waals surface area contributed by atoms with E-state index in [2.05, 4.69) is 20.6 Å². The Morgan fingerprint density at radius 3 is 2.71 bits per heavy atom. The first-order valence-corrected chi connectivity index (χ1v) is 7.09. The summed E-state index contributed by atoms with van der Waals surface area (Å²) in [4.78, 5) is 20.3. The van der Waals surface area contributed by atoms with Crippen LogP contribution < -0.4 is 10.6 Å². The van der Waals surface area contributed by atoms with Crippen molar-refractivity contribution in [1.29, 1.82) is 0 Å². The van der Waals surface area contributed by atoms with Crippen LogP contribution >= 0.6 is 11.6 Å². The van der Waals surface area contributed by atoms with Gasteiger partial charge in [0.05, 0.1) is 16.6 Å². The van der Waals surface area contributed by atoms with E-state index in [0.717, 1.165) is 12.1 Å². The van der Waals surface area contributed by atoms with Crippen molar-refractivity contribution in [2.24, 2.45) is 0 Å². The van der Waals surface area contributed by atoms with Crippen molar-refractivity contribution in [2.75, 3.05) is 11.9 Å². The number of hydrogen-bond donors (Lipinski definition) is 2. The van der Waals surface area contributed by atoms with Gasteiger partial charge in [-0.25, -0.2) is 4.98 Å². The number of rotatable bonds is 5. The lowest BCUT2D eigenvalue weighted by Gasteiger charge is -2.14. The highest BCUT2D eigenvalue weighted by atomic mass is 35.5. The Hall–Kier alpha value is -2.14. The first-order valence-electron chi connectivity index (χ1n) is 6.72. The normalized spacial score (nSPS) is 11.8. The third-order valence-electron chi connectivity index (χ3n) is 3.00. The highest BCUT2D eigenvalue weighted by Crippen LogP contribution is 2.20. The van der Waals surface area contributed by atoms with E-state index in [1.165, 1.54) is 6.20 Å². The molecule has 0 radical (unpaired) electrons. The Labute approximate surface area is 128 Å². The average molecular weight is 305 g/mol. The summed E-state index contributed by atoms with van der Waals surface area (Å²) < 4.78 is 0. The minimum absolute atomic E-state index is 0.118. The molecule has 0 bridgehead atoms. The zero-order chi connectivity index (χ0) is 15.2. The molecule has 0 aliphatic rings. The van der Waals surface area contributed by atoms with E-state index in [1.54, 1.807) is 18.5 Å². The molecule has 110 valence electrons. The van der Waals surface area contributed by atoms with Crippen molar-refractivity contribution in [3.8, 4) is 0 Å². The minimum Gasteiger partial charge on any atom is -0.369 e. The number of pyridine rings is 2. The van der Waals surface area contributed by atoms with Gasteiger partial charge in [-0.1, -0.05) is 11.6 Å². The first kappa shape index (κ1) is 15.3. The van der Waals surface area contributed by atoms with Gasteiger partial charge in [0.1, 0.15) is 5.82 Å². The van der Waals surface area contributed by atoms with Crippen LogP contribution in [0.25, 0.3) is 0 Å². The van der Waals surface area contributed by atoms with Crippen LogP contribution in [0.5, 0.6) is 0 Å². The third kappa shape index (κ3) is 3.92. The van der Waals surface area contributed by atoms with Crippen LogP contribution in [0.3, 0.4) is 0 Å². The molecular weight excluding hydrogens is 288 g/mol. The molecule has 1 atom stereocenters. The van der Waals surface area contributed by atoms with Gasteiger partial charge in [-0.05, 0) is 37.6 Å². The van der Waals surface area contributed by atoms with E-state index in [9.17, 15) is 4.79 Å². The molecule has 0 aliphatic heterocycles. The molecule has 1 unspecified atom stereocenters. The summed E-state index contributed by atoms with van der Waals surface area (Å²) in [6, 6.07) is 5.23. The Kier molecular flexibility index (Phi) is 5.11. The Bertz CT molecular complexity index is 618. The molecule has 0 saturated carbocycles. The van der Waals surface area contributed by atoms with E-state index in [1.807, 2.05) is 26.0 Å². The maximum absolute atomic E-state index is 12.2. The van der Waals surface area contributed by atoms with Crippen LogP contribution in [-0.2, 0) is 0 Å². The molecule has 2 rings (SSSR count). The zero-order valence-corrected chi connectivity index (χ0v) is 12.7. The fraction of sp³-hybridized carbons (Fsp3) is 0.267. The molecule has 2 N–H and O–H groups in total. The summed E-state index contributed by atoms with van der Waals surface area (Å²) in [6.07, 6.45) is 4.90. The summed E-state index contributed by atoms with van der Waals surface area (Å²) >= 11 is 6.09. The molecule has 5 nitrogen and oxygen atoms in total. The Morgan fingerprint density at radius 1 is 1.38 bits per heavy atom. The predicted octanol–water partition coefficient (Wildman–Crippen LogP) is 3.05. The molecule has 2 aromatic heterocycles. The van der Waals surface area contributed by atoms with E-state index < -0.39 is 0 Å². The molecule has 6 heteroatoms. The molecule has 2 heterocycles. The SMILES string of the molecule is CCNc1ncc(C(=O)NC(C)c2ccncc2)cc1Cl. The number of anilines is 1. The summed E-state index contributed by atoms with van der Waals surface area (Å²) in [5, 5.41) is 6.36. The van der Waals surface area contributed by atoms with E-state index in [0.29, 0.717) is 16.4 Å². The topological polar surface area (TPSA) is 66.9 Å². The van der Waals surface area contributed by atoms with Crippen molar-refractivity contribution in [1.82, 2.24) is 15.3 Å². The highest BCUT2D eigenvalue weighted by Gasteiger charge is 2.13. The van der Waals surface area contributed by atoms with Gasteiger partial charge in [-0.15, -0.1) is 0 Å². The van der Waals surface area contributed by atoms with Gasteiger partial charge >= 0.3 is 0 Å². The van der Waals surface area contributed by atoms with Crippen LogP contribution in [0.2, 0.25) is 5.02 Å². The lowest BCUT2D eigenvalue weighted by atomic mass is 10.1. The molecule has 0 spiro atoms. The van der Waals surface area contributed by atoms with Crippen molar-refractivity contribution in [2.45, 2.75) is 19.9 Å². The van der Waals surface area contributed by atoms with Crippen LogP contribution in [0.1, 0.15) is 35.8 Å². The quantitative estimate of drug-likeness (QED) is 0.891. The van der Waals surface area contributed by atoms with Gasteiger partial charge in [-0.2, -0.15) is 0 Å². The second kappa shape index (κ2) is 7.04. The molecular formula is C15H17ClN4O. The maximum atomic E-state index is 12.2. The number of nitrogens with zero attached hydrogens (tertiary/aromatic N) is 2. The van der Waals surface area contributed by atoms with Gasteiger partial charge in [0.25, 0.3) is 5.91 Å². The number of amides is 1. The smallest absolute Gasteiger partial charge is 0.253 e. The zero-order valence-electron chi connectivity index (χ0n) is 11.9. The monoisotopic (exact) mass is 304 g/mol. The number of nitrogens with one attached hydrogen (secondary N) is 2. The van der Waals surface area contributed by atoms with Gasteiger partial charge in [-0.3, -0.25) is 9.78 Å². The van der Waals surface area contributed by atoms with Gasteiger partial charge < -0.3 is 10.6 Å². The molecule has 0 saturated heterocycles. The lowest BCUT2D eigenvalue weighted by molar-refractivity contribution is 0.0939. The van der Waals surface area contributed by atoms with Crippen molar-refractivity contribution < 1.29 is 4.79 Å². The van der Waals surface area contributed by atoms with Crippen LogP contribution in [0.4, 0.5) is 5.82 Å². The Balaban J connectivity index is 2.08. The number of carbonyl (C=O) groups excluding carboxylic acids is 1. The second-order valence-electron chi connectivity index (χ2n) is 4.56. The van der Waals surface area contributed by atoms with Gasteiger partial charge in [0, 0.05) is 25.1 Å². The predicted molar refractivity (Wildman–Crippen MR) is 83.5 cm³/mol. The standard InChI is InChI=1S/C15H17ClN4O/c1-3-18-14-13(16)8-12(9-19-14)15(21)20-10(2)11-4-6-17-7-5-11/h4-10H,3H2,1-2H3,(H,18,19)(H,20,21). The summed E-state index contributed by atoms with van der Waals surface area (Å²) in [5.74, 6) is 0.370. The van der Waals surface area contributed by atoms with Crippen LogP contribution in [0, 0.1) is 0 Å². The van der Waals surface area contributed by atoms with Crippen LogP contribution in [-0.4, -0.2) is 22.4 Å². The average Bonchev–Trinajstić information content (AvgIpc) is 2.50. The van der Waals surface area contributed by atoms with Crippen molar-refractivity contribution >= 4 is 23.3 Å². The molecule has 0 aromatic carbocycles. The molecule has 1 amide bonds. The number of aromatic nitrogens is 2. The fourth-order valence-electron chi connectivity index (χ4n) is 1.88. The van der Waals surface area contributed by atoms with Crippen molar-refractivity contribution in [3.63, 3.8) is 0 Å². The third-order valence-corrected chi connectivity index (χ3v) is 3.29. The second-order valence-corrected chi connectivity index (χ2v) is 4.97. The van der Waals surface area contributed by atoms with Gasteiger partial charge in [0.2, 0.25) is 0 Å². The van der Waals surface area contributed by atoms with Gasteiger partial charge in [0.15, 0.2) is 0 Å². The number of carbonyl (C=O) groups is 1. The molecule has 0 aliphatic carbocycles. The highest BCUT2D eigenvalue weighted by molar-refractivity contribution is 6.33. The Morgan fingerprint density at radius 2 is 2.10 bits per heavy atom. The largest absolute Gasteiger partial charge is 0.369 e. The summed E-state index contributed by atoms with van der Waals surface area (Å²) in [6.45, 7) is 4.58. The summed E-state index contributed by atoms with van der Waals surface area (Å²) in [7, 11) is 0. The van der Waals surface area contributed by atoms with Crippen molar-refractivity contribution in [3.05, 3.63) is 52.9 Å². The molecule has 0 fully saturated rings. The van der Waals surface area contributed by atoms with E-state index >= 15 is 0 Å². The lowest BCUT2D eigenvalue weighted by Crippen LogP contribution is -2.26. The molecule has 2 aromatic rings. The fourth-order valence-corrected chi connectivity index (χ4v) is 2.11. The maximum Gasteiger partial charge on any atom is 0.253 e. The molecule has 21 heavy (non-hydrogen) atoms. The van der Waals surface area contributed by atoms with E-state index in [4.69, 9.17) is 11.6 Å². The van der Waals surface area contributed by atoms with Crippen LogP contribution in [0.15, 0.2) is 36.8 Å². The van der Waals surface area contributed by atoms with E-state index in [-0.39, 0.29) is 11.9 Å². The summed E-state index contributed by atoms with van der Waals surface area (Å²) in [5.41, 5.74) is 1.42. The minimum atomic E-state index is -0.211. The first-order chi connectivity index (χ1) is 10.1.